The lowest BCUT2D eigenvalue weighted by atomic mass is 10.2. The number of rotatable bonds is 5. The number of hydrogen-bond acceptors (Lipinski definition) is 9. The minimum Gasteiger partial charge on any atom is -0.476 e. The van der Waals surface area contributed by atoms with Crippen molar-refractivity contribution < 1.29 is 9.90 Å². The number of hydrogen-bond donors (Lipinski definition) is 3. The zero-order chi connectivity index (χ0) is 19.8. The van der Waals surface area contributed by atoms with E-state index in [0.29, 0.717) is 16.8 Å². The molecule has 0 amide bonds. The molecule has 10 heteroatoms. The fraction of sp³-hybridized carbons (Fsp3) is 0.167. The summed E-state index contributed by atoms with van der Waals surface area (Å²) in [7, 11) is 0. The first kappa shape index (κ1) is 18.3. The van der Waals surface area contributed by atoms with Crippen LogP contribution < -0.4 is 10.6 Å². The van der Waals surface area contributed by atoms with Crippen LogP contribution in [0.2, 0.25) is 0 Å². The molecule has 0 radical (unpaired) electrons. The SMILES string of the molecule is Cc1c(Nc2nc(C(=O)O)cs2)nnc(Nc2nc3c(C)cccc3s2)c1C. The molecule has 0 aliphatic rings. The highest BCUT2D eigenvalue weighted by atomic mass is 32.1. The molecule has 4 rings (SSSR count). The molecule has 0 fully saturated rings. The molecule has 142 valence electrons. The number of aryl methyl sites for hydroxylation is 1. The van der Waals surface area contributed by atoms with Gasteiger partial charge in [0.1, 0.15) is 0 Å². The van der Waals surface area contributed by atoms with E-state index in [1.54, 1.807) is 11.3 Å². The molecule has 0 bridgehead atoms. The summed E-state index contributed by atoms with van der Waals surface area (Å²) in [6.07, 6.45) is 0. The Morgan fingerprint density at radius 1 is 1.00 bits per heavy atom. The second-order valence-electron chi connectivity index (χ2n) is 6.18. The van der Waals surface area contributed by atoms with Gasteiger partial charge in [0, 0.05) is 16.5 Å². The van der Waals surface area contributed by atoms with E-state index in [1.165, 1.54) is 16.7 Å². The van der Waals surface area contributed by atoms with Crippen LogP contribution in [0.15, 0.2) is 23.6 Å². The summed E-state index contributed by atoms with van der Waals surface area (Å²) >= 11 is 2.77. The van der Waals surface area contributed by atoms with Crippen molar-refractivity contribution in [2.24, 2.45) is 0 Å². The van der Waals surface area contributed by atoms with Crippen LogP contribution in [0.4, 0.5) is 21.9 Å². The van der Waals surface area contributed by atoms with Crippen molar-refractivity contribution in [2.75, 3.05) is 10.6 Å². The summed E-state index contributed by atoms with van der Waals surface area (Å²) in [5.41, 5.74) is 3.92. The number of para-hydroxylation sites is 1. The van der Waals surface area contributed by atoms with Gasteiger partial charge in [0.15, 0.2) is 27.6 Å². The quantitative estimate of drug-likeness (QED) is 0.434. The second kappa shape index (κ2) is 7.13. The average Bonchev–Trinajstić information content (AvgIpc) is 3.29. The highest BCUT2D eigenvalue weighted by Crippen LogP contribution is 2.32. The van der Waals surface area contributed by atoms with Gasteiger partial charge in [-0.3, -0.25) is 0 Å². The van der Waals surface area contributed by atoms with Gasteiger partial charge in [-0.05, 0) is 32.4 Å². The van der Waals surface area contributed by atoms with Gasteiger partial charge in [0.05, 0.1) is 10.2 Å². The van der Waals surface area contributed by atoms with Crippen LogP contribution in [0.25, 0.3) is 10.2 Å². The van der Waals surface area contributed by atoms with Crippen molar-refractivity contribution in [3.05, 3.63) is 46.0 Å². The summed E-state index contributed by atoms with van der Waals surface area (Å²) in [5, 5.41) is 26.5. The number of aromatic carboxylic acids is 1. The van der Waals surface area contributed by atoms with Gasteiger partial charge >= 0.3 is 5.97 Å². The van der Waals surface area contributed by atoms with Crippen molar-refractivity contribution in [1.29, 1.82) is 0 Å². The van der Waals surface area contributed by atoms with E-state index in [4.69, 9.17) is 5.11 Å². The van der Waals surface area contributed by atoms with Crippen molar-refractivity contribution in [3.8, 4) is 0 Å². The molecule has 3 N–H and O–H groups in total. The Bertz CT molecular complexity index is 1200. The number of nitrogens with one attached hydrogen (secondary N) is 2. The van der Waals surface area contributed by atoms with E-state index in [9.17, 15) is 4.79 Å². The third-order valence-electron chi connectivity index (χ3n) is 4.32. The minimum absolute atomic E-state index is 0.000694. The van der Waals surface area contributed by atoms with Crippen LogP contribution in [0.5, 0.6) is 0 Å². The Hall–Kier alpha value is -3.11. The van der Waals surface area contributed by atoms with Crippen LogP contribution >= 0.6 is 22.7 Å². The smallest absolute Gasteiger partial charge is 0.355 e. The first-order valence-electron chi connectivity index (χ1n) is 8.35. The first-order chi connectivity index (χ1) is 13.4. The molecule has 0 saturated heterocycles. The zero-order valence-electron chi connectivity index (χ0n) is 15.3. The Balaban J connectivity index is 1.59. The molecule has 28 heavy (non-hydrogen) atoms. The van der Waals surface area contributed by atoms with Crippen molar-refractivity contribution in [1.82, 2.24) is 20.2 Å². The predicted octanol–water partition coefficient (Wildman–Crippen LogP) is 4.65. The van der Waals surface area contributed by atoms with Crippen LogP contribution in [0.1, 0.15) is 27.2 Å². The maximum atomic E-state index is 11.0. The molecule has 0 atom stereocenters. The molecule has 0 saturated carbocycles. The molecule has 8 nitrogen and oxygen atoms in total. The lowest BCUT2D eigenvalue weighted by Crippen LogP contribution is -2.05. The van der Waals surface area contributed by atoms with E-state index >= 15 is 0 Å². The maximum absolute atomic E-state index is 11.0. The summed E-state index contributed by atoms with van der Waals surface area (Å²) in [5.74, 6) is 0.105. The Morgan fingerprint density at radius 2 is 1.68 bits per heavy atom. The van der Waals surface area contributed by atoms with Crippen LogP contribution in [0.3, 0.4) is 0 Å². The topological polar surface area (TPSA) is 113 Å². The number of carboxylic acids is 1. The largest absolute Gasteiger partial charge is 0.476 e. The van der Waals surface area contributed by atoms with Gasteiger partial charge in [-0.15, -0.1) is 21.5 Å². The van der Waals surface area contributed by atoms with Crippen LogP contribution in [-0.4, -0.2) is 31.2 Å². The number of thiazole rings is 2. The molecular formula is C18H16N6O2S2. The first-order valence-corrected chi connectivity index (χ1v) is 10.0. The Labute approximate surface area is 168 Å². The molecular weight excluding hydrogens is 396 g/mol. The molecule has 0 aliphatic heterocycles. The zero-order valence-corrected chi connectivity index (χ0v) is 16.9. The maximum Gasteiger partial charge on any atom is 0.355 e. The molecule has 0 aliphatic carbocycles. The average molecular weight is 413 g/mol. The summed E-state index contributed by atoms with van der Waals surface area (Å²) in [6, 6.07) is 6.10. The normalized spacial score (nSPS) is 11.0. The van der Waals surface area contributed by atoms with Crippen molar-refractivity contribution >= 4 is 60.8 Å². The van der Waals surface area contributed by atoms with Crippen LogP contribution in [-0.2, 0) is 0 Å². The summed E-state index contributed by atoms with van der Waals surface area (Å²) < 4.78 is 1.11. The fourth-order valence-corrected chi connectivity index (χ4v) is 4.24. The van der Waals surface area contributed by atoms with E-state index in [2.05, 4.69) is 30.8 Å². The lowest BCUT2D eigenvalue weighted by molar-refractivity contribution is 0.0691. The van der Waals surface area contributed by atoms with Gasteiger partial charge in [0.2, 0.25) is 0 Å². The number of benzene rings is 1. The van der Waals surface area contributed by atoms with E-state index < -0.39 is 5.97 Å². The van der Waals surface area contributed by atoms with Crippen LogP contribution in [0, 0.1) is 20.8 Å². The number of anilines is 4. The standard InChI is InChI=1S/C18H16N6O2S2/c1-8-5-4-6-12-13(8)20-18(28-12)22-15-10(3)9(2)14(23-24-15)21-17-19-11(7-27-17)16(25)26/h4-7H,1-3H3,(H,25,26)(H,19,21,23)(H,20,22,24). The summed E-state index contributed by atoms with van der Waals surface area (Å²) in [4.78, 5) is 19.6. The van der Waals surface area contributed by atoms with E-state index in [0.717, 1.165) is 32.0 Å². The van der Waals surface area contributed by atoms with Gasteiger partial charge in [-0.25, -0.2) is 14.8 Å². The Kier molecular flexibility index (Phi) is 4.65. The number of aromatic nitrogens is 4. The highest BCUT2D eigenvalue weighted by molar-refractivity contribution is 7.22. The Morgan fingerprint density at radius 3 is 2.29 bits per heavy atom. The van der Waals surface area contributed by atoms with Gasteiger partial charge in [-0.1, -0.05) is 23.5 Å². The molecule has 1 aromatic carbocycles. The van der Waals surface area contributed by atoms with E-state index in [-0.39, 0.29) is 5.69 Å². The number of carboxylic acid groups (broad SMARTS) is 1. The molecule has 0 unspecified atom stereocenters. The van der Waals surface area contributed by atoms with E-state index in [1.807, 2.05) is 39.0 Å². The minimum atomic E-state index is -1.06. The van der Waals surface area contributed by atoms with Crippen molar-refractivity contribution in [3.63, 3.8) is 0 Å². The van der Waals surface area contributed by atoms with Gasteiger partial charge in [-0.2, -0.15) is 0 Å². The molecule has 4 aromatic rings. The summed E-state index contributed by atoms with van der Waals surface area (Å²) in [6.45, 7) is 5.91. The lowest BCUT2D eigenvalue weighted by Gasteiger charge is -2.11. The molecule has 3 heterocycles. The third-order valence-corrected chi connectivity index (χ3v) is 6.01. The highest BCUT2D eigenvalue weighted by Gasteiger charge is 2.15. The number of nitrogens with zero attached hydrogens (tertiary/aromatic N) is 4. The monoisotopic (exact) mass is 412 g/mol. The molecule has 3 aromatic heterocycles. The fourth-order valence-electron chi connectivity index (χ4n) is 2.61. The van der Waals surface area contributed by atoms with Gasteiger partial charge < -0.3 is 15.7 Å². The predicted molar refractivity (Wildman–Crippen MR) is 112 cm³/mol. The number of carbonyl (C=O) groups is 1. The molecule has 0 spiro atoms. The second-order valence-corrected chi connectivity index (χ2v) is 8.07. The number of fused-ring (bicyclic) bond motifs is 1. The third kappa shape index (κ3) is 3.39. The van der Waals surface area contributed by atoms with Gasteiger partial charge in [0.25, 0.3) is 0 Å². The van der Waals surface area contributed by atoms with Crippen molar-refractivity contribution in [2.45, 2.75) is 20.8 Å².